The van der Waals surface area contributed by atoms with Crippen LogP contribution in [0, 0.1) is 13.8 Å². The van der Waals surface area contributed by atoms with E-state index in [0.717, 1.165) is 22.6 Å². The predicted molar refractivity (Wildman–Crippen MR) is 90.2 cm³/mol. The maximum Gasteiger partial charge on any atom is 0.242 e. The number of fused-ring (bicyclic) bond motifs is 1. The van der Waals surface area contributed by atoms with E-state index in [9.17, 15) is 4.79 Å². The first-order chi connectivity index (χ1) is 11.4. The Morgan fingerprint density at radius 3 is 2.67 bits per heavy atom. The van der Waals surface area contributed by atoms with Crippen LogP contribution < -0.4 is 4.90 Å². The van der Waals surface area contributed by atoms with Gasteiger partial charge in [0.25, 0.3) is 0 Å². The smallest absolute Gasteiger partial charge is 0.242 e. The first-order valence-electron chi connectivity index (χ1n) is 7.82. The number of H-pyrrole nitrogens is 1. The molecule has 0 unspecified atom stereocenters. The van der Waals surface area contributed by atoms with Gasteiger partial charge in [-0.25, -0.2) is 9.97 Å². The van der Waals surface area contributed by atoms with E-state index in [1.54, 1.807) is 17.3 Å². The lowest BCUT2D eigenvalue weighted by Crippen LogP contribution is -2.33. The Labute approximate surface area is 139 Å². The van der Waals surface area contributed by atoms with E-state index >= 15 is 0 Å². The van der Waals surface area contributed by atoms with Crippen LogP contribution in [0.4, 0.5) is 11.5 Å². The highest BCUT2D eigenvalue weighted by Crippen LogP contribution is 2.46. The number of carbonyl (C=O) groups is 1. The molecule has 3 heterocycles. The number of imidazole rings is 1. The first-order valence-corrected chi connectivity index (χ1v) is 7.82. The van der Waals surface area contributed by atoms with Gasteiger partial charge in [-0.15, -0.1) is 0 Å². The van der Waals surface area contributed by atoms with Crippen molar-refractivity contribution in [2.24, 2.45) is 0 Å². The molecule has 0 spiro atoms. The van der Waals surface area contributed by atoms with Gasteiger partial charge in [-0.1, -0.05) is 12.1 Å². The summed E-state index contributed by atoms with van der Waals surface area (Å²) in [5.41, 5.74) is 2.10. The number of oxazole rings is 1. The summed E-state index contributed by atoms with van der Waals surface area (Å²) in [4.78, 5) is 26.3. The van der Waals surface area contributed by atoms with Gasteiger partial charge in [0.1, 0.15) is 5.82 Å². The lowest BCUT2D eigenvalue weighted by molar-refractivity contribution is -0.121. The highest BCUT2D eigenvalue weighted by Gasteiger charge is 2.45. The van der Waals surface area contributed by atoms with Crippen LogP contribution in [0.1, 0.15) is 31.1 Å². The summed E-state index contributed by atoms with van der Waals surface area (Å²) in [6.45, 7) is 7.55. The third kappa shape index (κ3) is 1.99. The van der Waals surface area contributed by atoms with E-state index in [0.29, 0.717) is 17.5 Å². The largest absolute Gasteiger partial charge is 0.441 e. The third-order valence-corrected chi connectivity index (χ3v) is 4.48. The molecule has 4 rings (SSSR count). The number of nitrogens with one attached hydrogen (secondary N) is 1. The van der Waals surface area contributed by atoms with Crippen molar-refractivity contribution in [1.29, 1.82) is 0 Å². The highest BCUT2D eigenvalue weighted by molar-refractivity contribution is 6.12. The average molecular weight is 322 g/mol. The maximum absolute atomic E-state index is 13.0. The molecule has 122 valence electrons. The zero-order chi connectivity index (χ0) is 17.1. The summed E-state index contributed by atoms with van der Waals surface area (Å²) >= 11 is 0. The number of hydrogen-bond acceptors (Lipinski definition) is 4. The Bertz CT molecular complexity index is 952. The van der Waals surface area contributed by atoms with Crippen molar-refractivity contribution in [2.45, 2.75) is 33.1 Å². The van der Waals surface area contributed by atoms with Crippen LogP contribution in [0.5, 0.6) is 0 Å². The van der Waals surface area contributed by atoms with Gasteiger partial charge in [0.2, 0.25) is 5.91 Å². The Morgan fingerprint density at radius 2 is 2.04 bits per heavy atom. The van der Waals surface area contributed by atoms with Crippen LogP contribution in [-0.4, -0.2) is 20.9 Å². The van der Waals surface area contributed by atoms with E-state index in [1.165, 1.54) is 0 Å². The van der Waals surface area contributed by atoms with Crippen molar-refractivity contribution in [1.82, 2.24) is 15.0 Å². The van der Waals surface area contributed by atoms with Gasteiger partial charge in [-0.05, 0) is 32.4 Å². The molecule has 0 atom stereocenters. The zero-order valence-electron chi connectivity index (χ0n) is 14.0. The van der Waals surface area contributed by atoms with E-state index in [1.807, 2.05) is 45.9 Å². The fraction of sp³-hybridized carbons (Fsp3) is 0.278. The van der Waals surface area contributed by atoms with Crippen molar-refractivity contribution in [3.8, 4) is 11.3 Å². The standard InChI is InChI=1S/C18H18N4O2/c1-10-19-9-16(21-10)22-14-7-12(15-8-20-11(2)24-15)5-6-13(14)18(3,4)17(22)23/h5-9H,1-4H3,(H,19,21). The summed E-state index contributed by atoms with van der Waals surface area (Å²) in [5, 5.41) is 0. The van der Waals surface area contributed by atoms with Crippen molar-refractivity contribution in [3.05, 3.63) is 47.9 Å². The SMILES string of the molecule is Cc1nc(N2C(=O)C(C)(C)c3ccc(-c4cnc(C)o4)cc32)c[nH]1. The molecular weight excluding hydrogens is 304 g/mol. The molecule has 1 aromatic carbocycles. The lowest BCUT2D eigenvalue weighted by Gasteiger charge is -2.18. The number of carbonyl (C=O) groups excluding carboxylic acids is 1. The number of aromatic nitrogens is 3. The summed E-state index contributed by atoms with van der Waals surface area (Å²) in [5.74, 6) is 2.68. The van der Waals surface area contributed by atoms with Crippen molar-refractivity contribution >= 4 is 17.4 Å². The molecule has 0 radical (unpaired) electrons. The molecule has 1 N–H and O–H groups in total. The zero-order valence-corrected chi connectivity index (χ0v) is 14.0. The average Bonchev–Trinajstić information content (AvgIpc) is 3.20. The normalized spacial score (nSPS) is 15.8. The van der Waals surface area contributed by atoms with Gasteiger partial charge >= 0.3 is 0 Å². The van der Waals surface area contributed by atoms with Crippen LogP contribution in [0.25, 0.3) is 11.3 Å². The maximum atomic E-state index is 13.0. The summed E-state index contributed by atoms with van der Waals surface area (Å²) in [6, 6.07) is 5.92. The predicted octanol–water partition coefficient (Wildman–Crippen LogP) is 3.64. The van der Waals surface area contributed by atoms with Crippen LogP contribution in [0.3, 0.4) is 0 Å². The molecule has 0 saturated carbocycles. The van der Waals surface area contributed by atoms with Crippen molar-refractivity contribution in [3.63, 3.8) is 0 Å². The number of aromatic amines is 1. The molecule has 1 amide bonds. The third-order valence-electron chi connectivity index (χ3n) is 4.48. The molecule has 6 nitrogen and oxygen atoms in total. The molecular formula is C18H18N4O2. The van der Waals surface area contributed by atoms with Gasteiger partial charge in [0.15, 0.2) is 17.5 Å². The van der Waals surface area contributed by atoms with Crippen molar-refractivity contribution in [2.75, 3.05) is 4.90 Å². The number of amides is 1. The summed E-state index contributed by atoms with van der Waals surface area (Å²) in [7, 11) is 0. The minimum Gasteiger partial charge on any atom is -0.441 e. The highest BCUT2D eigenvalue weighted by atomic mass is 16.4. The molecule has 3 aromatic rings. The Kier molecular flexibility index (Phi) is 2.94. The van der Waals surface area contributed by atoms with Gasteiger partial charge in [-0.3, -0.25) is 9.69 Å². The van der Waals surface area contributed by atoms with E-state index in [-0.39, 0.29) is 5.91 Å². The van der Waals surface area contributed by atoms with Gasteiger partial charge in [0, 0.05) is 18.7 Å². The second-order valence-corrected chi connectivity index (χ2v) is 6.59. The molecule has 24 heavy (non-hydrogen) atoms. The van der Waals surface area contributed by atoms with Gasteiger partial charge in [-0.2, -0.15) is 0 Å². The second-order valence-electron chi connectivity index (χ2n) is 6.59. The van der Waals surface area contributed by atoms with E-state index in [4.69, 9.17) is 4.42 Å². The molecule has 0 aliphatic carbocycles. The fourth-order valence-electron chi connectivity index (χ4n) is 3.14. The van der Waals surface area contributed by atoms with Crippen molar-refractivity contribution < 1.29 is 9.21 Å². The molecule has 0 bridgehead atoms. The Morgan fingerprint density at radius 1 is 1.25 bits per heavy atom. The molecule has 1 aliphatic heterocycles. The van der Waals surface area contributed by atoms with Crippen LogP contribution in [0.2, 0.25) is 0 Å². The van der Waals surface area contributed by atoms with E-state index in [2.05, 4.69) is 15.0 Å². The fourth-order valence-corrected chi connectivity index (χ4v) is 3.14. The molecule has 0 fully saturated rings. The minimum atomic E-state index is -0.599. The lowest BCUT2D eigenvalue weighted by atomic mass is 9.86. The number of hydrogen-bond donors (Lipinski definition) is 1. The second kappa shape index (κ2) is 4.80. The quantitative estimate of drug-likeness (QED) is 0.781. The Hall–Kier alpha value is -2.89. The number of benzene rings is 1. The summed E-state index contributed by atoms with van der Waals surface area (Å²) < 4.78 is 5.62. The van der Waals surface area contributed by atoms with Gasteiger partial charge in [0.05, 0.1) is 17.3 Å². The number of nitrogens with zero attached hydrogens (tertiary/aromatic N) is 3. The minimum absolute atomic E-state index is 0.00917. The molecule has 0 saturated heterocycles. The van der Waals surface area contributed by atoms with Crippen LogP contribution in [-0.2, 0) is 10.2 Å². The monoisotopic (exact) mass is 322 g/mol. The first kappa shape index (κ1) is 14.7. The van der Waals surface area contributed by atoms with Gasteiger partial charge < -0.3 is 9.40 Å². The summed E-state index contributed by atoms with van der Waals surface area (Å²) in [6.07, 6.45) is 3.45. The van der Waals surface area contributed by atoms with E-state index < -0.39 is 5.41 Å². The number of anilines is 2. The topological polar surface area (TPSA) is 75.0 Å². The molecule has 6 heteroatoms. The molecule has 2 aromatic heterocycles. The molecule has 1 aliphatic rings. The number of aryl methyl sites for hydroxylation is 2. The van der Waals surface area contributed by atoms with Crippen LogP contribution >= 0.6 is 0 Å². The Balaban J connectivity index is 1.90. The number of rotatable bonds is 2. The van der Waals surface area contributed by atoms with Crippen LogP contribution in [0.15, 0.2) is 35.0 Å².